The van der Waals surface area contributed by atoms with E-state index in [1.54, 1.807) is 0 Å². The fourth-order valence-corrected chi connectivity index (χ4v) is 1.93. The summed E-state index contributed by atoms with van der Waals surface area (Å²) < 4.78 is 35.5. The number of ether oxygens (including phenoxy) is 2. The Balaban J connectivity index is 1.81. The fraction of sp³-hybridized carbons (Fsp3) is 0.900. The molecule has 0 aromatic rings. The quantitative estimate of drug-likeness (QED) is 0.732. The Labute approximate surface area is 92.3 Å². The first kappa shape index (κ1) is 11.7. The van der Waals surface area contributed by atoms with Gasteiger partial charge in [0.1, 0.15) is 6.10 Å². The van der Waals surface area contributed by atoms with Crippen LogP contribution in [0.25, 0.3) is 0 Å². The molecule has 2 rings (SSSR count). The van der Waals surface area contributed by atoms with Crippen LogP contribution in [0.15, 0.2) is 0 Å². The van der Waals surface area contributed by atoms with Crippen molar-refractivity contribution >= 4 is 5.97 Å². The Hall–Kier alpha value is -0.750. The van der Waals surface area contributed by atoms with Crippen molar-refractivity contribution in [2.75, 3.05) is 19.8 Å². The number of carbonyl (C=O) groups is 1. The summed E-state index contributed by atoms with van der Waals surface area (Å²) in [5.41, 5.74) is -0.190. The van der Waals surface area contributed by atoms with Crippen LogP contribution in [0.3, 0.4) is 0 Å². The summed E-state index contributed by atoms with van der Waals surface area (Å²) in [5, 5.41) is 3.12. The van der Waals surface area contributed by atoms with Gasteiger partial charge in [-0.1, -0.05) is 0 Å². The van der Waals surface area contributed by atoms with Gasteiger partial charge in [-0.2, -0.15) is 8.78 Å². The van der Waals surface area contributed by atoms with Crippen molar-refractivity contribution in [3.05, 3.63) is 0 Å². The molecule has 0 aromatic heterocycles. The van der Waals surface area contributed by atoms with E-state index < -0.39 is 24.4 Å². The van der Waals surface area contributed by atoms with Gasteiger partial charge in [0.15, 0.2) is 0 Å². The second kappa shape index (κ2) is 3.92. The predicted octanol–water partition coefficient (Wildman–Crippen LogP) is 0.706. The molecule has 1 N–H and O–H groups in total. The molecule has 2 aliphatic rings. The molecule has 16 heavy (non-hydrogen) atoms. The summed E-state index contributed by atoms with van der Waals surface area (Å²) in [6.07, 6.45) is -0.431. The average Bonchev–Trinajstić information content (AvgIpc) is 2.71. The van der Waals surface area contributed by atoms with E-state index >= 15 is 0 Å². The van der Waals surface area contributed by atoms with E-state index in [-0.39, 0.29) is 12.1 Å². The smallest absolute Gasteiger partial charge is 0.377 e. The third kappa shape index (κ3) is 2.32. The fourth-order valence-electron chi connectivity index (χ4n) is 1.93. The Morgan fingerprint density at radius 2 is 2.31 bits per heavy atom. The van der Waals surface area contributed by atoms with Gasteiger partial charge in [0.25, 0.3) is 0 Å². The van der Waals surface area contributed by atoms with Gasteiger partial charge in [-0.05, 0) is 13.3 Å². The number of alkyl halides is 2. The Morgan fingerprint density at radius 1 is 1.56 bits per heavy atom. The molecule has 0 bridgehead atoms. The number of nitrogens with one attached hydrogen (secondary N) is 1. The third-order valence-electron chi connectivity index (χ3n) is 3.03. The maximum absolute atomic E-state index is 12.9. The van der Waals surface area contributed by atoms with Gasteiger partial charge in [0.05, 0.1) is 13.0 Å². The molecule has 4 nitrogen and oxygen atoms in total. The lowest BCUT2D eigenvalue weighted by atomic mass is 10.0. The summed E-state index contributed by atoms with van der Waals surface area (Å²) in [7, 11) is 0. The maximum Gasteiger partial charge on any atom is 0.377 e. The molecule has 0 saturated carbocycles. The number of rotatable bonds is 3. The second-order valence-electron chi connectivity index (χ2n) is 4.68. The molecule has 6 heteroatoms. The highest BCUT2D eigenvalue weighted by Gasteiger charge is 2.50. The van der Waals surface area contributed by atoms with Gasteiger partial charge < -0.3 is 14.8 Å². The van der Waals surface area contributed by atoms with E-state index in [0.29, 0.717) is 13.2 Å². The first-order valence-electron chi connectivity index (χ1n) is 5.33. The molecule has 0 radical (unpaired) electrons. The zero-order valence-electron chi connectivity index (χ0n) is 9.09. The molecule has 2 fully saturated rings. The SMILES string of the molecule is CC1(NCC2CC(F)(F)C(=O)O2)CCOC1. The minimum absolute atomic E-state index is 0.190. The molecule has 2 saturated heterocycles. The van der Waals surface area contributed by atoms with Crippen LogP contribution in [0, 0.1) is 0 Å². The van der Waals surface area contributed by atoms with E-state index in [0.717, 1.165) is 6.42 Å². The van der Waals surface area contributed by atoms with Crippen LogP contribution in [0.1, 0.15) is 19.8 Å². The number of halogens is 2. The van der Waals surface area contributed by atoms with E-state index in [1.807, 2.05) is 6.92 Å². The number of esters is 1. The summed E-state index contributed by atoms with van der Waals surface area (Å²) in [5.74, 6) is -4.73. The van der Waals surface area contributed by atoms with Crippen LogP contribution in [0.2, 0.25) is 0 Å². The van der Waals surface area contributed by atoms with Crippen molar-refractivity contribution in [1.29, 1.82) is 0 Å². The second-order valence-corrected chi connectivity index (χ2v) is 4.68. The molecule has 2 unspecified atom stereocenters. The molecule has 0 spiro atoms. The molecule has 2 aliphatic heterocycles. The highest BCUT2D eigenvalue weighted by molar-refractivity contribution is 5.79. The summed E-state index contributed by atoms with van der Waals surface area (Å²) in [6, 6.07) is 0. The van der Waals surface area contributed by atoms with Crippen LogP contribution >= 0.6 is 0 Å². The number of hydrogen-bond acceptors (Lipinski definition) is 4. The topological polar surface area (TPSA) is 47.6 Å². The Kier molecular flexibility index (Phi) is 2.88. The normalized spacial score (nSPS) is 37.7. The Bertz CT molecular complexity index is 290. The highest BCUT2D eigenvalue weighted by Crippen LogP contribution is 2.31. The lowest BCUT2D eigenvalue weighted by molar-refractivity contribution is -0.159. The standard InChI is InChI=1S/C10H15F2NO3/c1-9(2-3-15-6-9)13-5-7-4-10(11,12)8(14)16-7/h7,13H,2-6H2,1H3. The zero-order chi connectivity index (χ0) is 11.8. The number of hydrogen-bond donors (Lipinski definition) is 1. The van der Waals surface area contributed by atoms with Gasteiger partial charge in [0, 0.05) is 18.7 Å². The molecular weight excluding hydrogens is 220 g/mol. The van der Waals surface area contributed by atoms with Crippen molar-refractivity contribution in [2.24, 2.45) is 0 Å². The van der Waals surface area contributed by atoms with Crippen molar-refractivity contribution in [2.45, 2.75) is 37.3 Å². The van der Waals surface area contributed by atoms with Gasteiger partial charge in [-0.25, -0.2) is 4.79 Å². The largest absolute Gasteiger partial charge is 0.456 e. The van der Waals surface area contributed by atoms with Crippen molar-refractivity contribution in [1.82, 2.24) is 5.32 Å². The average molecular weight is 235 g/mol. The zero-order valence-corrected chi connectivity index (χ0v) is 9.09. The molecule has 0 aromatic carbocycles. The van der Waals surface area contributed by atoms with Crippen LogP contribution in [-0.4, -0.2) is 43.3 Å². The first-order chi connectivity index (χ1) is 7.41. The van der Waals surface area contributed by atoms with Gasteiger partial charge in [-0.3, -0.25) is 0 Å². The lowest BCUT2D eigenvalue weighted by Crippen LogP contribution is -2.46. The van der Waals surface area contributed by atoms with Crippen LogP contribution in [-0.2, 0) is 14.3 Å². The molecule has 0 amide bonds. The van der Waals surface area contributed by atoms with E-state index in [2.05, 4.69) is 10.1 Å². The van der Waals surface area contributed by atoms with Crippen molar-refractivity contribution in [3.63, 3.8) is 0 Å². The lowest BCUT2D eigenvalue weighted by Gasteiger charge is -2.25. The minimum atomic E-state index is -3.32. The van der Waals surface area contributed by atoms with Gasteiger partial charge in [-0.15, -0.1) is 0 Å². The molecule has 2 atom stereocenters. The van der Waals surface area contributed by atoms with E-state index in [4.69, 9.17) is 4.74 Å². The van der Waals surface area contributed by atoms with Crippen LogP contribution in [0.4, 0.5) is 8.78 Å². The van der Waals surface area contributed by atoms with Crippen LogP contribution in [0.5, 0.6) is 0 Å². The number of carbonyl (C=O) groups excluding carboxylic acids is 1. The van der Waals surface area contributed by atoms with Crippen LogP contribution < -0.4 is 5.32 Å². The summed E-state index contributed by atoms with van der Waals surface area (Å²) in [4.78, 5) is 10.8. The minimum Gasteiger partial charge on any atom is -0.456 e. The van der Waals surface area contributed by atoms with Crippen molar-refractivity contribution < 1.29 is 23.0 Å². The molecule has 0 aliphatic carbocycles. The Morgan fingerprint density at radius 3 is 2.81 bits per heavy atom. The van der Waals surface area contributed by atoms with E-state index in [1.165, 1.54) is 0 Å². The molecule has 2 heterocycles. The summed E-state index contributed by atoms with van der Waals surface area (Å²) >= 11 is 0. The predicted molar refractivity (Wildman–Crippen MR) is 51.3 cm³/mol. The summed E-state index contributed by atoms with van der Waals surface area (Å²) in [6.45, 7) is 3.45. The van der Waals surface area contributed by atoms with Gasteiger partial charge >= 0.3 is 11.9 Å². The number of cyclic esters (lactones) is 1. The third-order valence-corrected chi connectivity index (χ3v) is 3.03. The molecular formula is C10H15F2NO3. The van der Waals surface area contributed by atoms with Crippen molar-refractivity contribution in [3.8, 4) is 0 Å². The highest BCUT2D eigenvalue weighted by atomic mass is 19.3. The van der Waals surface area contributed by atoms with E-state index in [9.17, 15) is 13.6 Å². The molecule has 92 valence electrons. The maximum atomic E-state index is 12.9. The first-order valence-corrected chi connectivity index (χ1v) is 5.33. The van der Waals surface area contributed by atoms with Gasteiger partial charge in [0.2, 0.25) is 0 Å². The monoisotopic (exact) mass is 235 g/mol.